The zero-order valence-corrected chi connectivity index (χ0v) is 22.9. The van der Waals surface area contributed by atoms with Gasteiger partial charge in [0.2, 0.25) is 0 Å². The maximum Gasteiger partial charge on any atom is 0.309 e. The number of carboxylic acids is 1. The van der Waals surface area contributed by atoms with Crippen LogP contribution in [-0.4, -0.2) is 48.8 Å². The molecule has 4 aliphatic rings. The molecule has 0 bridgehead atoms. The average Bonchev–Trinajstić information content (AvgIpc) is 2.94. The summed E-state index contributed by atoms with van der Waals surface area (Å²) < 4.78 is 16.5. The maximum absolute atomic E-state index is 12.7. The summed E-state index contributed by atoms with van der Waals surface area (Å²) >= 11 is 0. The minimum atomic E-state index is -0.798. The Kier molecular flexibility index (Phi) is 10.5. The van der Waals surface area contributed by atoms with Gasteiger partial charge in [0, 0.05) is 0 Å². The van der Waals surface area contributed by atoms with Gasteiger partial charge in [0.05, 0.1) is 30.3 Å². The summed E-state index contributed by atoms with van der Waals surface area (Å²) in [6.07, 6.45) is 12.0. The molecular formula is C30H46O8. The van der Waals surface area contributed by atoms with Gasteiger partial charge in [0.25, 0.3) is 0 Å². The summed E-state index contributed by atoms with van der Waals surface area (Å²) in [6.45, 7) is 2.95. The Morgan fingerprint density at radius 1 is 0.579 bits per heavy atom. The normalized spacial score (nSPS) is 35.4. The molecule has 8 nitrogen and oxygen atoms in total. The molecule has 4 rings (SSSR count). The molecule has 0 aromatic carbocycles. The molecule has 0 amide bonds. The zero-order valence-electron chi connectivity index (χ0n) is 22.9. The van der Waals surface area contributed by atoms with Crippen molar-refractivity contribution in [1.82, 2.24) is 0 Å². The molecule has 4 atom stereocenters. The van der Waals surface area contributed by atoms with E-state index in [1.165, 1.54) is 25.7 Å². The molecular weight excluding hydrogens is 488 g/mol. The number of esters is 3. The average molecular weight is 535 g/mol. The fraction of sp³-hybridized carbons (Fsp3) is 0.867. The number of carbonyl (C=O) groups excluding carboxylic acids is 3. The number of ether oxygens (including phenoxy) is 3. The Morgan fingerprint density at radius 3 is 1.55 bits per heavy atom. The molecule has 0 aliphatic heterocycles. The molecule has 1 N–H and O–H groups in total. The first-order valence-electron chi connectivity index (χ1n) is 15.0. The second-order valence-electron chi connectivity index (χ2n) is 12.5. The lowest BCUT2D eigenvalue weighted by Gasteiger charge is -2.40. The van der Waals surface area contributed by atoms with Gasteiger partial charge in [-0.25, -0.2) is 0 Å². The Labute approximate surface area is 226 Å². The Bertz CT molecular complexity index is 824. The van der Waals surface area contributed by atoms with Gasteiger partial charge in [0.15, 0.2) is 0 Å². The van der Waals surface area contributed by atoms with Crippen LogP contribution in [0.15, 0.2) is 0 Å². The molecule has 8 heteroatoms. The SMILES string of the molecule is CC1CCC(COC(=O)C2CCC3CC(C(=O)OCCOC(=O)C4CCC(C(=O)O)CC4)CCC3C2)CC1. The van der Waals surface area contributed by atoms with Gasteiger partial charge in [0.1, 0.15) is 13.2 Å². The number of rotatable bonds is 9. The summed E-state index contributed by atoms with van der Waals surface area (Å²) in [5.74, 6) is 0.114. The highest BCUT2D eigenvalue weighted by Crippen LogP contribution is 2.45. The molecule has 214 valence electrons. The third-order valence-electron chi connectivity index (χ3n) is 9.86. The molecule has 0 aromatic rings. The van der Waals surface area contributed by atoms with E-state index in [0.717, 1.165) is 44.4 Å². The number of hydrogen-bond acceptors (Lipinski definition) is 7. The van der Waals surface area contributed by atoms with Crippen LogP contribution in [0.2, 0.25) is 0 Å². The van der Waals surface area contributed by atoms with E-state index in [1.54, 1.807) is 0 Å². The topological polar surface area (TPSA) is 116 Å². The lowest BCUT2D eigenvalue weighted by atomic mass is 9.65. The molecule has 4 saturated carbocycles. The summed E-state index contributed by atoms with van der Waals surface area (Å²) in [5.41, 5.74) is 0. The number of aliphatic carboxylic acids is 1. The van der Waals surface area contributed by atoms with Gasteiger partial charge in [-0.15, -0.1) is 0 Å². The molecule has 0 saturated heterocycles. The first kappa shape index (κ1) is 28.9. The van der Waals surface area contributed by atoms with Crippen LogP contribution in [0.4, 0.5) is 0 Å². The van der Waals surface area contributed by atoms with Gasteiger partial charge in [-0.05, 0) is 101 Å². The first-order valence-corrected chi connectivity index (χ1v) is 15.0. The third kappa shape index (κ3) is 7.95. The lowest BCUT2D eigenvalue weighted by molar-refractivity contribution is -0.160. The third-order valence-corrected chi connectivity index (χ3v) is 9.86. The highest BCUT2D eigenvalue weighted by molar-refractivity contribution is 5.75. The largest absolute Gasteiger partial charge is 0.481 e. The van der Waals surface area contributed by atoms with E-state index in [1.807, 2.05) is 0 Å². The van der Waals surface area contributed by atoms with Crippen molar-refractivity contribution < 1.29 is 38.5 Å². The maximum atomic E-state index is 12.7. The van der Waals surface area contributed by atoms with Crippen LogP contribution in [0, 0.1) is 47.3 Å². The van der Waals surface area contributed by atoms with Gasteiger partial charge >= 0.3 is 23.9 Å². The van der Waals surface area contributed by atoms with Crippen molar-refractivity contribution >= 4 is 23.9 Å². The summed E-state index contributed by atoms with van der Waals surface area (Å²) in [7, 11) is 0. The van der Waals surface area contributed by atoms with Gasteiger partial charge in [-0.2, -0.15) is 0 Å². The minimum absolute atomic E-state index is 0.00358. The fourth-order valence-electron chi connectivity index (χ4n) is 7.23. The van der Waals surface area contributed by atoms with Crippen molar-refractivity contribution in [3.8, 4) is 0 Å². The fourth-order valence-corrected chi connectivity index (χ4v) is 7.23. The van der Waals surface area contributed by atoms with Crippen molar-refractivity contribution in [1.29, 1.82) is 0 Å². The predicted octanol–water partition coefficient (Wildman–Crippen LogP) is 5.17. The van der Waals surface area contributed by atoms with Crippen LogP contribution in [0.5, 0.6) is 0 Å². The predicted molar refractivity (Wildman–Crippen MR) is 139 cm³/mol. The molecule has 4 fully saturated rings. The van der Waals surface area contributed by atoms with E-state index in [9.17, 15) is 19.2 Å². The summed E-state index contributed by atoms with van der Waals surface area (Å²) in [5, 5.41) is 9.08. The molecule has 4 aliphatic carbocycles. The van der Waals surface area contributed by atoms with Crippen molar-refractivity contribution in [3.63, 3.8) is 0 Å². The molecule has 0 spiro atoms. The van der Waals surface area contributed by atoms with E-state index >= 15 is 0 Å². The molecule has 38 heavy (non-hydrogen) atoms. The molecule has 4 unspecified atom stereocenters. The smallest absolute Gasteiger partial charge is 0.309 e. The van der Waals surface area contributed by atoms with Crippen molar-refractivity contribution in [2.75, 3.05) is 19.8 Å². The quantitative estimate of drug-likeness (QED) is 0.245. The zero-order chi connectivity index (χ0) is 27.1. The van der Waals surface area contributed by atoms with Crippen LogP contribution in [0.25, 0.3) is 0 Å². The van der Waals surface area contributed by atoms with Crippen molar-refractivity contribution in [3.05, 3.63) is 0 Å². The highest BCUT2D eigenvalue weighted by atomic mass is 16.6. The van der Waals surface area contributed by atoms with E-state index in [2.05, 4.69) is 6.92 Å². The lowest BCUT2D eigenvalue weighted by Crippen LogP contribution is -2.37. The van der Waals surface area contributed by atoms with E-state index in [-0.39, 0.29) is 54.8 Å². The van der Waals surface area contributed by atoms with Crippen LogP contribution in [-0.2, 0) is 33.4 Å². The monoisotopic (exact) mass is 534 g/mol. The minimum Gasteiger partial charge on any atom is -0.481 e. The standard InChI is InChI=1S/C30H46O8/c1-19-2-4-20(5-3-19)18-38-30(35)26-13-11-23-16-25(12-10-24(23)17-26)29(34)37-15-14-36-28(33)22-8-6-21(7-9-22)27(31)32/h19-26H,2-18H2,1H3,(H,31,32). The van der Waals surface area contributed by atoms with Gasteiger partial charge in [-0.1, -0.05) is 19.8 Å². The van der Waals surface area contributed by atoms with Crippen LogP contribution in [0.1, 0.15) is 96.8 Å². The number of carbonyl (C=O) groups is 4. The number of fused-ring (bicyclic) bond motifs is 1. The first-order chi connectivity index (χ1) is 18.3. The molecule has 0 aromatic heterocycles. The van der Waals surface area contributed by atoms with E-state index < -0.39 is 5.97 Å². The van der Waals surface area contributed by atoms with E-state index in [4.69, 9.17) is 19.3 Å². The van der Waals surface area contributed by atoms with E-state index in [0.29, 0.717) is 50.0 Å². The Hall–Kier alpha value is -2.12. The van der Waals surface area contributed by atoms with Crippen LogP contribution >= 0.6 is 0 Å². The highest BCUT2D eigenvalue weighted by Gasteiger charge is 2.40. The summed E-state index contributed by atoms with van der Waals surface area (Å²) in [6, 6.07) is 0. The Balaban J connectivity index is 1.09. The van der Waals surface area contributed by atoms with Crippen molar-refractivity contribution in [2.24, 2.45) is 47.3 Å². The number of carboxylic acid groups (broad SMARTS) is 1. The van der Waals surface area contributed by atoms with Crippen molar-refractivity contribution in [2.45, 2.75) is 96.8 Å². The second kappa shape index (κ2) is 13.8. The molecule has 0 radical (unpaired) electrons. The van der Waals surface area contributed by atoms with Crippen LogP contribution < -0.4 is 0 Å². The summed E-state index contributed by atoms with van der Waals surface area (Å²) in [4.78, 5) is 48.7. The number of hydrogen-bond donors (Lipinski definition) is 1. The van der Waals surface area contributed by atoms with Gasteiger partial charge in [-0.3, -0.25) is 19.2 Å². The molecule has 0 heterocycles. The Morgan fingerprint density at radius 2 is 1.03 bits per heavy atom. The van der Waals surface area contributed by atoms with Gasteiger partial charge < -0.3 is 19.3 Å². The van der Waals surface area contributed by atoms with Crippen LogP contribution in [0.3, 0.4) is 0 Å². The second-order valence-corrected chi connectivity index (χ2v) is 12.5.